The van der Waals surface area contributed by atoms with Crippen LogP contribution in [0.2, 0.25) is 0 Å². The molecule has 0 atom stereocenters. The largest absolute Gasteiger partial charge is 0.294 e. The number of imide groups is 1. The van der Waals surface area contributed by atoms with Crippen LogP contribution in [0.1, 0.15) is 13.3 Å². The van der Waals surface area contributed by atoms with Crippen LogP contribution in [-0.4, -0.2) is 28.6 Å². The number of guanidine groups is 1. The number of para-hydroxylation sites is 1. The second-order valence-electron chi connectivity index (χ2n) is 3.89. The maximum absolute atomic E-state index is 11.6. The number of anilines is 1. The molecule has 0 unspecified atom stereocenters. The lowest BCUT2D eigenvalue weighted by Crippen LogP contribution is -2.55. The summed E-state index contributed by atoms with van der Waals surface area (Å²) < 4.78 is 0. The number of hydrogen-bond donors (Lipinski definition) is 2. The van der Waals surface area contributed by atoms with Gasteiger partial charge in [-0.15, -0.1) is 5.10 Å². The molecule has 1 fully saturated rings. The quantitative estimate of drug-likeness (QED) is 0.589. The molecule has 3 amide bonds. The summed E-state index contributed by atoms with van der Waals surface area (Å²) >= 11 is 0. The number of carbonyl (C=O) groups is 3. The highest BCUT2D eigenvalue weighted by molar-refractivity contribution is 6.22. The fourth-order valence-corrected chi connectivity index (χ4v) is 1.59. The molecule has 2 rings (SSSR count). The van der Waals surface area contributed by atoms with Crippen molar-refractivity contribution < 1.29 is 14.4 Å². The lowest BCUT2D eigenvalue weighted by Gasteiger charge is -2.25. The number of hydrazone groups is 1. The third-order valence-electron chi connectivity index (χ3n) is 2.40. The standard InChI is InChI=1S/C12H12N4O3/c1-8(17)16-11(19)7-10(18)13-12(16)15-14-9-5-3-2-4-6-9/h2-6,14H,7H2,1H3,(H,13,15,18). The summed E-state index contributed by atoms with van der Waals surface area (Å²) in [5, 5.41) is 6.26. The lowest BCUT2D eigenvalue weighted by atomic mass is 10.3. The lowest BCUT2D eigenvalue weighted by molar-refractivity contribution is -0.142. The van der Waals surface area contributed by atoms with Crippen molar-refractivity contribution in [3.8, 4) is 0 Å². The molecule has 0 radical (unpaired) electrons. The number of nitrogens with zero attached hydrogens (tertiary/aromatic N) is 2. The van der Waals surface area contributed by atoms with Gasteiger partial charge < -0.3 is 0 Å². The molecule has 0 aromatic heterocycles. The minimum absolute atomic E-state index is 0.113. The average Bonchev–Trinajstić information content (AvgIpc) is 2.36. The van der Waals surface area contributed by atoms with Gasteiger partial charge in [0.25, 0.3) is 0 Å². The normalized spacial score (nSPS) is 17.3. The Morgan fingerprint density at radius 2 is 2.00 bits per heavy atom. The SMILES string of the molecule is CC(=O)N1C(=O)CC(=O)NC1=NNc1ccccc1. The Balaban J connectivity index is 2.21. The molecule has 1 aromatic carbocycles. The minimum Gasteiger partial charge on any atom is -0.294 e. The van der Waals surface area contributed by atoms with Crippen molar-refractivity contribution in [2.45, 2.75) is 13.3 Å². The summed E-state index contributed by atoms with van der Waals surface area (Å²) in [6.07, 6.45) is -0.357. The van der Waals surface area contributed by atoms with Gasteiger partial charge in [-0.05, 0) is 12.1 Å². The summed E-state index contributed by atoms with van der Waals surface area (Å²) in [6, 6.07) is 8.96. The number of rotatable bonds is 2. The van der Waals surface area contributed by atoms with Crippen molar-refractivity contribution in [3.63, 3.8) is 0 Å². The van der Waals surface area contributed by atoms with Gasteiger partial charge in [0, 0.05) is 6.92 Å². The van der Waals surface area contributed by atoms with Gasteiger partial charge in [-0.3, -0.25) is 25.1 Å². The summed E-state index contributed by atoms with van der Waals surface area (Å²) in [4.78, 5) is 35.1. The molecule has 1 aromatic rings. The average molecular weight is 260 g/mol. The Morgan fingerprint density at radius 3 is 2.63 bits per heavy atom. The Bertz CT molecular complexity index is 553. The van der Waals surface area contributed by atoms with Gasteiger partial charge in [-0.1, -0.05) is 18.2 Å². The van der Waals surface area contributed by atoms with Crippen LogP contribution in [0.25, 0.3) is 0 Å². The topological polar surface area (TPSA) is 90.9 Å². The zero-order valence-electron chi connectivity index (χ0n) is 10.2. The maximum Gasteiger partial charge on any atom is 0.245 e. The van der Waals surface area contributed by atoms with Crippen molar-refractivity contribution >= 4 is 29.4 Å². The Kier molecular flexibility index (Phi) is 3.56. The summed E-state index contributed by atoms with van der Waals surface area (Å²) in [5.74, 6) is -1.70. The summed E-state index contributed by atoms with van der Waals surface area (Å²) in [6.45, 7) is 1.23. The van der Waals surface area contributed by atoms with Crippen LogP contribution in [0.15, 0.2) is 35.4 Å². The van der Waals surface area contributed by atoms with Crippen molar-refractivity contribution in [2.75, 3.05) is 5.43 Å². The first-order valence-electron chi connectivity index (χ1n) is 5.60. The molecule has 0 aliphatic carbocycles. The number of benzene rings is 1. The minimum atomic E-state index is -0.593. The predicted molar refractivity (Wildman–Crippen MR) is 67.8 cm³/mol. The van der Waals surface area contributed by atoms with Gasteiger partial charge in [-0.25, -0.2) is 4.90 Å². The number of amides is 3. The van der Waals surface area contributed by atoms with Crippen LogP contribution in [0.3, 0.4) is 0 Å². The first-order chi connectivity index (χ1) is 9.08. The molecule has 0 spiro atoms. The van der Waals surface area contributed by atoms with Gasteiger partial charge >= 0.3 is 0 Å². The second kappa shape index (κ2) is 5.30. The highest BCUT2D eigenvalue weighted by Crippen LogP contribution is 2.07. The van der Waals surface area contributed by atoms with E-state index in [1.54, 1.807) is 24.3 Å². The molecule has 1 heterocycles. The van der Waals surface area contributed by atoms with Crippen LogP contribution in [-0.2, 0) is 14.4 Å². The molecule has 19 heavy (non-hydrogen) atoms. The first-order valence-corrected chi connectivity index (χ1v) is 5.60. The van der Waals surface area contributed by atoms with Crippen LogP contribution in [0.4, 0.5) is 5.69 Å². The van der Waals surface area contributed by atoms with Gasteiger partial charge in [0.05, 0.1) is 5.69 Å². The van der Waals surface area contributed by atoms with Crippen LogP contribution in [0.5, 0.6) is 0 Å². The molecule has 1 aliphatic rings. The number of hydrogen-bond acceptors (Lipinski definition) is 5. The third kappa shape index (κ3) is 2.95. The molecule has 1 aliphatic heterocycles. The number of nitrogens with one attached hydrogen (secondary N) is 2. The van der Waals surface area contributed by atoms with Crippen LogP contribution >= 0.6 is 0 Å². The monoisotopic (exact) mass is 260 g/mol. The van der Waals surface area contributed by atoms with E-state index in [0.717, 1.165) is 4.90 Å². The maximum atomic E-state index is 11.6. The van der Waals surface area contributed by atoms with Crippen molar-refractivity contribution in [1.82, 2.24) is 10.2 Å². The van der Waals surface area contributed by atoms with Gasteiger partial charge in [0.2, 0.25) is 23.7 Å². The van der Waals surface area contributed by atoms with Gasteiger partial charge in [-0.2, -0.15) is 0 Å². The zero-order valence-corrected chi connectivity index (χ0v) is 10.2. The third-order valence-corrected chi connectivity index (χ3v) is 2.40. The Hall–Kier alpha value is -2.70. The molecular weight excluding hydrogens is 248 g/mol. The van der Waals surface area contributed by atoms with Crippen LogP contribution < -0.4 is 10.7 Å². The smallest absolute Gasteiger partial charge is 0.245 e. The molecule has 2 N–H and O–H groups in total. The molecule has 1 saturated heterocycles. The van der Waals surface area contributed by atoms with Gasteiger partial charge in [0.15, 0.2) is 0 Å². The molecular formula is C12H12N4O3. The number of carbonyl (C=O) groups excluding carboxylic acids is 3. The molecule has 7 nitrogen and oxygen atoms in total. The molecule has 7 heteroatoms. The first kappa shape index (κ1) is 12.7. The highest BCUT2D eigenvalue weighted by atomic mass is 16.2. The summed E-state index contributed by atoms with van der Waals surface area (Å²) in [5.41, 5.74) is 3.34. The Morgan fingerprint density at radius 1 is 1.32 bits per heavy atom. The van der Waals surface area contributed by atoms with E-state index in [1.165, 1.54) is 6.92 Å². The van der Waals surface area contributed by atoms with Crippen LogP contribution in [0, 0.1) is 0 Å². The highest BCUT2D eigenvalue weighted by Gasteiger charge is 2.32. The van der Waals surface area contributed by atoms with Crippen molar-refractivity contribution in [3.05, 3.63) is 30.3 Å². The second-order valence-corrected chi connectivity index (χ2v) is 3.89. The van der Waals surface area contributed by atoms with E-state index in [4.69, 9.17) is 0 Å². The molecule has 0 bridgehead atoms. The van der Waals surface area contributed by atoms with E-state index < -0.39 is 17.7 Å². The van der Waals surface area contributed by atoms with E-state index in [9.17, 15) is 14.4 Å². The van der Waals surface area contributed by atoms with Crippen molar-refractivity contribution in [1.29, 1.82) is 0 Å². The van der Waals surface area contributed by atoms with E-state index in [0.29, 0.717) is 5.69 Å². The van der Waals surface area contributed by atoms with E-state index in [1.807, 2.05) is 6.07 Å². The summed E-state index contributed by atoms with van der Waals surface area (Å²) in [7, 11) is 0. The fourth-order valence-electron chi connectivity index (χ4n) is 1.59. The predicted octanol–water partition coefficient (Wildman–Crippen LogP) is 0.265. The van der Waals surface area contributed by atoms with Crippen molar-refractivity contribution in [2.24, 2.45) is 5.10 Å². The fraction of sp³-hybridized carbons (Fsp3) is 0.167. The van der Waals surface area contributed by atoms with Gasteiger partial charge in [0.1, 0.15) is 6.42 Å². The van der Waals surface area contributed by atoms with E-state index in [-0.39, 0.29) is 12.4 Å². The zero-order chi connectivity index (χ0) is 13.8. The Labute approximate surface area is 109 Å². The van der Waals surface area contributed by atoms with E-state index in [2.05, 4.69) is 15.8 Å². The molecule has 98 valence electrons. The van der Waals surface area contributed by atoms with E-state index >= 15 is 0 Å². The molecule has 0 saturated carbocycles.